The second-order valence-electron chi connectivity index (χ2n) is 3.66. The predicted molar refractivity (Wildman–Crippen MR) is 49.1 cm³/mol. The van der Waals surface area contributed by atoms with Gasteiger partial charge in [-0.1, -0.05) is 0 Å². The molecule has 0 amide bonds. The minimum atomic E-state index is -4.06. The van der Waals surface area contributed by atoms with Gasteiger partial charge in [-0.2, -0.15) is 13.2 Å². The van der Waals surface area contributed by atoms with Gasteiger partial charge < -0.3 is 10.4 Å². The summed E-state index contributed by atoms with van der Waals surface area (Å²) in [4.78, 5) is 0. The lowest BCUT2D eigenvalue weighted by molar-refractivity contribution is -0.135. The van der Waals surface area contributed by atoms with Crippen molar-refractivity contribution in [1.29, 1.82) is 0 Å². The Morgan fingerprint density at radius 1 is 1.29 bits per heavy atom. The van der Waals surface area contributed by atoms with E-state index >= 15 is 0 Å². The van der Waals surface area contributed by atoms with E-state index in [1.807, 2.05) is 6.92 Å². The highest BCUT2D eigenvalue weighted by molar-refractivity contribution is 4.64. The van der Waals surface area contributed by atoms with Crippen LogP contribution >= 0.6 is 0 Å². The Labute approximate surface area is 82.5 Å². The van der Waals surface area contributed by atoms with Crippen molar-refractivity contribution in [3.05, 3.63) is 0 Å². The van der Waals surface area contributed by atoms with Gasteiger partial charge in [0.25, 0.3) is 0 Å². The zero-order valence-electron chi connectivity index (χ0n) is 8.56. The standard InChI is InChI=1S/C9H18F3NO/c1-7(6-8(2)14)13-5-3-4-9(10,11)12/h7-8,13-14H,3-6H2,1-2H3. The van der Waals surface area contributed by atoms with E-state index in [1.165, 1.54) is 0 Å². The van der Waals surface area contributed by atoms with Crippen LogP contribution in [0.1, 0.15) is 33.1 Å². The molecule has 0 aromatic carbocycles. The van der Waals surface area contributed by atoms with Crippen LogP contribution in [-0.2, 0) is 0 Å². The lowest BCUT2D eigenvalue weighted by Crippen LogP contribution is -2.30. The van der Waals surface area contributed by atoms with Crippen LogP contribution in [-0.4, -0.2) is 30.0 Å². The number of hydrogen-bond acceptors (Lipinski definition) is 2. The van der Waals surface area contributed by atoms with Crippen molar-refractivity contribution < 1.29 is 18.3 Å². The molecule has 0 bridgehead atoms. The maximum Gasteiger partial charge on any atom is 0.389 e. The molecular formula is C9H18F3NO. The number of aliphatic hydroxyl groups is 1. The van der Waals surface area contributed by atoms with Gasteiger partial charge in [-0.15, -0.1) is 0 Å². The van der Waals surface area contributed by atoms with Crippen LogP contribution in [0.5, 0.6) is 0 Å². The molecule has 2 unspecified atom stereocenters. The largest absolute Gasteiger partial charge is 0.393 e. The monoisotopic (exact) mass is 213 g/mol. The molecule has 2 atom stereocenters. The van der Waals surface area contributed by atoms with E-state index in [0.717, 1.165) is 0 Å². The highest BCUT2D eigenvalue weighted by Crippen LogP contribution is 2.20. The number of rotatable bonds is 6. The lowest BCUT2D eigenvalue weighted by atomic mass is 10.1. The zero-order chi connectivity index (χ0) is 11.2. The maximum absolute atomic E-state index is 11.7. The van der Waals surface area contributed by atoms with Gasteiger partial charge in [0, 0.05) is 12.5 Å². The topological polar surface area (TPSA) is 32.3 Å². The molecule has 0 heterocycles. The third-order valence-corrected chi connectivity index (χ3v) is 1.82. The third kappa shape index (κ3) is 9.80. The molecule has 86 valence electrons. The Morgan fingerprint density at radius 2 is 1.86 bits per heavy atom. The van der Waals surface area contributed by atoms with Crippen LogP contribution in [0.3, 0.4) is 0 Å². The SMILES string of the molecule is CC(O)CC(C)NCCCC(F)(F)F. The summed E-state index contributed by atoms with van der Waals surface area (Å²) in [7, 11) is 0. The van der Waals surface area contributed by atoms with Crippen LogP contribution in [0, 0.1) is 0 Å². The minimum Gasteiger partial charge on any atom is -0.393 e. The van der Waals surface area contributed by atoms with E-state index < -0.39 is 18.7 Å². The number of nitrogens with one attached hydrogen (secondary N) is 1. The van der Waals surface area contributed by atoms with Crippen molar-refractivity contribution in [1.82, 2.24) is 5.32 Å². The maximum atomic E-state index is 11.7. The normalized spacial score (nSPS) is 16.7. The predicted octanol–water partition coefficient (Wildman–Crippen LogP) is 2.08. The van der Waals surface area contributed by atoms with Gasteiger partial charge in [-0.05, 0) is 33.2 Å². The highest BCUT2D eigenvalue weighted by Gasteiger charge is 2.25. The second-order valence-corrected chi connectivity index (χ2v) is 3.66. The van der Waals surface area contributed by atoms with E-state index in [2.05, 4.69) is 5.32 Å². The van der Waals surface area contributed by atoms with Crippen LogP contribution < -0.4 is 5.32 Å². The zero-order valence-corrected chi connectivity index (χ0v) is 8.56. The van der Waals surface area contributed by atoms with Crippen LogP contribution in [0.15, 0.2) is 0 Å². The second kappa shape index (κ2) is 6.24. The molecule has 0 aliphatic carbocycles. The molecule has 5 heteroatoms. The fraction of sp³-hybridized carbons (Fsp3) is 1.00. The molecule has 2 N–H and O–H groups in total. The molecule has 0 spiro atoms. The minimum absolute atomic E-state index is 0.0585. The first-order valence-electron chi connectivity index (χ1n) is 4.79. The van der Waals surface area contributed by atoms with E-state index in [0.29, 0.717) is 13.0 Å². The summed E-state index contributed by atoms with van der Waals surface area (Å²) < 4.78 is 35.2. The van der Waals surface area contributed by atoms with Gasteiger partial charge in [0.05, 0.1) is 6.10 Å². The molecule has 0 aliphatic rings. The Balaban J connectivity index is 3.36. The molecule has 2 nitrogen and oxygen atoms in total. The highest BCUT2D eigenvalue weighted by atomic mass is 19.4. The first-order valence-corrected chi connectivity index (χ1v) is 4.79. The van der Waals surface area contributed by atoms with Gasteiger partial charge in [-0.25, -0.2) is 0 Å². The first kappa shape index (κ1) is 13.7. The van der Waals surface area contributed by atoms with Gasteiger partial charge in [0.2, 0.25) is 0 Å². The molecule has 0 rings (SSSR count). The number of alkyl halides is 3. The average molecular weight is 213 g/mol. The van der Waals surface area contributed by atoms with Gasteiger partial charge in [-0.3, -0.25) is 0 Å². The Bertz CT molecular complexity index is 147. The summed E-state index contributed by atoms with van der Waals surface area (Å²) in [5, 5.41) is 11.9. The lowest BCUT2D eigenvalue weighted by Gasteiger charge is -2.15. The molecule has 0 fully saturated rings. The van der Waals surface area contributed by atoms with Crippen LogP contribution in [0.4, 0.5) is 13.2 Å². The quantitative estimate of drug-likeness (QED) is 0.662. The number of aliphatic hydroxyl groups excluding tert-OH is 1. The van der Waals surface area contributed by atoms with Crippen LogP contribution in [0.2, 0.25) is 0 Å². The Kier molecular flexibility index (Phi) is 6.11. The van der Waals surface area contributed by atoms with Crippen molar-refractivity contribution in [3.63, 3.8) is 0 Å². The van der Waals surface area contributed by atoms with E-state index in [9.17, 15) is 13.2 Å². The summed E-state index contributed by atoms with van der Waals surface area (Å²) in [6.45, 7) is 3.85. The van der Waals surface area contributed by atoms with Crippen molar-refractivity contribution in [2.45, 2.75) is 51.4 Å². The van der Waals surface area contributed by atoms with Crippen molar-refractivity contribution >= 4 is 0 Å². The van der Waals surface area contributed by atoms with Gasteiger partial charge in [0.1, 0.15) is 0 Å². The molecule has 0 aromatic rings. The van der Waals surface area contributed by atoms with Crippen molar-refractivity contribution in [2.24, 2.45) is 0 Å². The summed E-state index contributed by atoms with van der Waals surface area (Å²) in [6, 6.07) is 0.0585. The van der Waals surface area contributed by atoms with E-state index in [-0.39, 0.29) is 12.5 Å². The third-order valence-electron chi connectivity index (χ3n) is 1.82. The molecule has 0 aliphatic heterocycles. The summed E-state index contributed by atoms with van der Waals surface area (Å²) in [6.07, 6.45) is -4.57. The van der Waals surface area contributed by atoms with Crippen LogP contribution in [0.25, 0.3) is 0 Å². The average Bonchev–Trinajstić information content (AvgIpc) is 1.95. The summed E-state index contributed by atoms with van der Waals surface area (Å²) in [5.41, 5.74) is 0. The Morgan fingerprint density at radius 3 is 2.29 bits per heavy atom. The molecular weight excluding hydrogens is 195 g/mol. The smallest absolute Gasteiger partial charge is 0.389 e. The molecule has 0 saturated heterocycles. The van der Waals surface area contributed by atoms with Crippen molar-refractivity contribution in [3.8, 4) is 0 Å². The summed E-state index contributed by atoms with van der Waals surface area (Å²) in [5.74, 6) is 0. The number of halogens is 3. The fourth-order valence-corrected chi connectivity index (χ4v) is 1.23. The molecule has 14 heavy (non-hydrogen) atoms. The van der Waals surface area contributed by atoms with E-state index in [1.54, 1.807) is 6.92 Å². The molecule has 0 saturated carbocycles. The van der Waals surface area contributed by atoms with Crippen molar-refractivity contribution in [2.75, 3.05) is 6.54 Å². The summed E-state index contributed by atoms with van der Waals surface area (Å²) >= 11 is 0. The molecule has 0 aromatic heterocycles. The fourth-order valence-electron chi connectivity index (χ4n) is 1.23. The van der Waals surface area contributed by atoms with Gasteiger partial charge >= 0.3 is 6.18 Å². The van der Waals surface area contributed by atoms with Gasteiger partial charge in [0.15, 0.2) is 0 Å². The molecule has 0 radical (unpaired) electrons. The Hall–Kier alpha value is -0.290. The number of hydrogen-bond donors (Lipinski definition) is 2. The van der Waals surface area contributed by atoms with E-state index in [4.69, 9.17) is 5.11 Å². The first-order chi connectivity index (χ1) is 6.31.